The maximum atomic E-state index is 12.9. The summed E-state index contributed by atoms with van der Waals surface area (Å²) in [6.45, 7) is 5.53. The van der Waals surface area contributed by atoms with Gasteiger partial charge in [0, 0.05) is 26.6 Å². The van der Waals surface area contributed by atoms with Crippen molar-refractivity contribution in [3.8, 4) is 0 Å². The summed E-state index contributed by atoms with van der Waals surface area (Å²) in [7, 11) is 5.75. The molecule has 1 aromatic heterocycles. The zero-order valence-electron chi connectivity index (χ0n) is 17.2. The van der Waals surface area contributed by atoms with Crippen molar-refractivity contribution in [2.75, 3.05) is 27.2 Å². The second kappa shape index (κ2) is 9.65. The fourth-order valence-corrected chi connectivity index (χ4v) is 3.31. The lowest BCUT2D eigenvalue weighted by Gasteiger charge is -2.33. The van der Waals surface area contributed by atoms with Gasteiger partial charge in [-0.05, 0) is 39.1 Å². The summed E-state index contributed by atoms with van der Waals surface area (Å²) in [5, 5.41) is 0.607. The van der Waals surface area contributed by atoms with Crippen LogP contribution in [0.1, 0.15) is 51.4 Å². The van der Waals surface area contributed by atoms with Crippen LogP contribution in [0.15, 0.2) is 29.1 Å². The number of carbonyl (C=O) groups excluding carboxylic acids is 1. The predicted molar refractivity (Wildman–Crippen MR) is 110 cm³/mol. The van der Waals surface area contributed by atoms with Crippen LogP contribution in [0.25, 0.3) is 10.9 Å². The number of carbonyl (C=O) groups is 1. The van der Waals surface area contributed by atoms with Gasteiger partial charge < -0.3 is 9.80 Å². The van der Waals surface area contributed by atoms with Crippen molar-refractivity contribution in [2.24, 2.45) is 7.05 Å². The van der Waals surface area contributed by atoms with Crippen LogP contribution in [0, 0.1) is 0 Å². The number of rotatable bonds is 9. The number of aromatic nitrogens is 2. The van der Waals surface area contributed by atoms with Gasteiger partial charge in [0.1, 0.15) is 5.82 Å². The number of likely N-dealkylation sites (N-methyl/N-ethyl adjacent to an activating group) is 1. The molecule has 0 spiro atoms. The third-order valence-corrected chi connectivity index (χ3v) is 4.93. The van der Waals surface area contributed by atoms with Crippen LogP contribution in [0.5, 0.6) is 0 Å². The molecular formula is C21H32N4O2. The first kappa shape index (κ1) is 21.1. The summed E-state index contributed by atoms with van der Waals surface area (Å²) in [5.41, 5.74) is 0.616. The van der Waals surface area contributed by atoms with Gasteiger partial charge in [-0.2, -0.15) is 0 Å². The van der Waals surface area contributed by atoms with Gasteiger partial charge in [-0.25, -0.2) is 4.98 Å². The number of nitrogens with zero attached hydrogens (tertiary/aromatic N) is 4. The van der Waals surface area contributed by atoms with Crippen LogP contribution >= 0.6 is 0 Å². The minimum absolute atomic E-state index is 0.0670. The Bertz CT molecular complexity index is 829. The van der Waals surface area contributed by atoms with E-state index in [1.807, 2.05) is 44.1 Å². The van der Waals surface area contributed by atoms with Crippen LogP contribution in [0.4, 0.5) is 0 Å². The van der Waals surface area contributed by atoms with E-state index in [2.05, 4.69) is 11.8 Å². The van der Waals surface area contributed by atoms with Crippen molar-refractivity contribution in [1.82, 2.24) is 19.4 Å². The molecule has 1 heterocycles. The molecule has 0 N–H and O–H groups in total. The minimum atomic E-state index is -0.211. The first-order valence-corrected chi connectivity index (χ1v) is 9.80. The lowest BCUT2D eigenvalue weighted by Crippen LogP contribution is -2.41. The summed E-state index contributed by atoms with van der Waals surface area (Å²) in [6.07, 6.45) is 3.10. The Hall–Kier alpha value is -2.21. The topological polar surface area (TPSA) is 58.4 Å². The molecule has 2 aromatic rings. The normalized spacial score (nSPS) is 12.5. The summed E-state index contributed by atoms with van der Waals surface area (Å²) in [6, 6.07) is 7.17. The largest absolute Gasteiger partial charge is 0.331 e. The molecule has 1 atom stereocenters. The molecule has 6 heteroatoms. The first-order chi connectivity index (χ1) is 12.9. The number of para-hydroxylation sites is 1. The molecule has 2 rings (SSSR count). The minimum Gasteiger partial charge on any atom is -0.331 e. The third-order valence-electron chi connectivity index (χ3n) is 4.93. The van der Waals surface area contributed by atoms with Crippen molar-refractivity contribution in [3.05, 3.63) is 40.4 Å². The highest BCUT2D eigenvalue weighted by molar-refractivity contribution is 5.78. The Morgan fingerprint density at radius 1 is 1.19 bits per heavy atom. The maximum absolute atomic E-state index is 12.9. The highest BCUT2D eigenvalue weighted by Gasteiger charge is 2.27. The quantitative estimate of drug-likeness (QED) is 0.679. The Morgan fingerprint density at radius 2 is 1.89 bits per heavy atom. The summed E-state index contributed by atoms with van der Waals surface area (Å²) >= 11 is 0. The highest BCUT2D eigenvalue weighted by Crippen LogP contribution is 2.24. The Morgan fingerprint density at radius 3 is 2.52 bits per heavy atom. The molecule has 0 aliphatic carbocycles. The van der Waals surface area contributed by atoms with E-state index in [1.165, 1.54) is 0 Å². The van der Waals surface area contributed by atoms with Crippen molar-refractivity contribution in [2.45, 2.75) is 45.6 Å². The molecule has 1 unspecified atom stereocenters. The molecule has 6 nitrogen and oxygen atoms in total. The van der Waals surface area contributed by atoms with E-state index in [9.17, 15) is 9.59 Å². The number of unbranched alkanes of at least 4 members (excludes halogenated alkanes) is 1. The number of hydrogen-bond donors (Lipinski definition) is 0. The van der Waals surface area contributed by atoms with E-state index < -0.39 is 0 Å². The highest BCUT2D eigenvalue weighted by atomic mass is 16.2. The van der Waals surface area contributed by atoms with E-state index in [-0.39, 0.29) is 17.5 Å². The van der Waals surface area contributed by atoms with Crippen LogP contribution in [-0.4, -0.2) is 52.4 Å². The van der Waals surface area contributed by atoms with E-state index in [0.29, 0.717) is 36.1 Å². The molecule has 0 saturated heterocycles. The molecule has 27 heavy (non-hydrogen) atoms. The van der Waals surface area contributed by atoms with Gasteiger partial charge in [-0.1, -0.05) is 32.4 Å². The maximum Gasteiger partial charge on any atom is 0.261 e. The van der Waals surface area contributed by atoms with Crippen molar-refractivity contribution < 1.29 is 4.79 Å². The fourth-order valence-electron chi connectivity index (χ4n) is 3.31. The number of fused-ring (bicyclic) bond motifs is 1. The Labute approximate surface area is 161 Å². The van der Waals surface area contributed by atoms with Gasteiger partial charge in [-0.15, -0.1) is 0 Å². The van der Waals surface area contributed by atoms with E-state index in [4.69, 9.17) is 4.98 Å². The molecule has 1 aromatic carbocycles. The number of hydrogen-bond acceptors (Lipinski definition) is 4. The van der Waals surface area contributed by atoms with Crippen molar-refractivity contribution in [1.29, 1.82) is 0 Å². The zero-order valence-corrected chi connectivity index (χ0v) is 17.2. The molecule has 0 aliphatic rings. The van der Waals surface area contributed by atoms with E-state index in [1.54, 1.807) is 17.7 Å². The molecule has 0 saturated carbocycles. The average molecular weight is 373 g/mol. The molecule has 0 radical (unpaired) electrons. The van der Waals surface area contributed by atoms with E-state index in [0.717, 1.165) is 19.4 Å². The van der Waals surface area contributed by atoms with Crippen molar-refractivity contribution in [3.63, 3.8) is 0 Å². The molecule has 0 aliphatic heterocycles. The molecule has 148 valence electrons. The monoisotopic (exact) mass is 372 g/mol. The fraction of sp³-hybridized carbons (Fsp3) is 0.571. The van der Waals surface area contributed by atoms with Gasteiger partial charge >= 0.3 is 0 Å². The van der Waals surface area contributed by atoms with Crippen LogP contribution in [-0.2, 0) is 11.8 Å². The third kappa shape index (κ3) is 4.95. The predicted octanol–water partition coefficient (Wildman–Crippen LogP) is 2.97. The van der Waals surface area contributed by atoms with Gasteiger partial charge in [-0.3, -0.25) is 14.2 Å². The Balaban J connectivity index is 2.48. The lowest BCUT2D eigenvalue weighted by molar-refractivity contribution is -0.134. The van der Waals surface area contributed by atoms with Crippen LogP contribution in [0.3, 0.4) is 0 Å². The molecule has 1 amide bonds. The average Bonchev–Trinajstić information content (AvgIpc) is 2.66. The van der Waals surface area contributed by atoms with Gasteiger partial charge in [0.05, 0.1) is 16.9 Å². The van der Waals surface area contributed by atoms with Crippen molar-refractivity contribution >= 4 is 16.8 Å². The van der Waals surface area contributed by atoms with Crippen LogP contribution in [0.2, 0.25) is 0 Å². The summed E-state index contributed by atoms with van der Waals surface area (Å²) in [4.78, 5) is 34.5. The Kier molecular flexibility index (Phi) is 7.54. The van der Waals surface area contributed by atoms with Crippen LogP contribution < -0.4 is 5.56 Å². The summed E-state index contributed by atoms with van der Waals surface area (Å²) < 4.78 is 1.60. The first-order valence-electron chi connectivity index (χ1n) is 9.80. The second-order valence-electron chi connectivity index (χ2n) is 7.27. The molecule has 0 fully saturated rings. The lowest BCUT2D eigenvalue weighted by atomic mass is 10.1. The molecule has 0 bridgehead atoms. The number of benzene rings is 1. The number of amides is 1. The smallest absolute Gasteiger partial charge is 0.261 e. The van der Waals surface area contributed by atoms with Gasteiger partial charge in [0.2, 0.25) is 5.91 Å². The van der Waals surface area contributed by atoms with E-state index >= 15 is 0 Å². The van der Waals surface area contributed by atoms with Gasteiger partial charge in [0.25, 0.3) is 5.56 Å². The second-order valence-corrected chi connectivity index (χ2v) is 7.27. The molecular weight excluding hydrogens is 340 g/mol. The SMILES string of the molecule is CCCCC(=O)N(CCN(C)C)C(CC)c1nc2ccccc2c(=O)n1C. The zero-order chi connectivity index (χ0) is 20.0. The standard InChI is InChI=1S/C21H32N4O2/c1-6-8-13-19(26)25(15-14-23(3)4)18(7-2)20-22-17-12-10-9-11-16(17)21(27)24(20)5/h9-12,18H,6-8,13-15H2,1-5H3. The summed E-state index contributed by atoms with van der Waals surface area (Å²) in [5.74, 6) is 0.790. The van der Waals surface area contributed by atoms with Gasteiger partial charge in [0.15, 0.2) is 0 Å².